The molecule has 1 aliphatic carbocycles. The van der Waals surface area contributed by atoms with Gasteiger partial charge in [0, 0.05) is 16.9 Å². The summed E-state index contributed by atoms with van der Waals surface area (Å²) in [6.45, 7) is 0. The van der Waals surface area contributed by atoms with Crippen LogP contribution >= 0.6 is 15.9 Å². The molecule has 2 N–H and O–H groups in total. The van der Waals surface area contributed by atoms with Crippen LogP contribution in [0.3, 0.4) is 0 Å². The number of carbonyl (C=O) groups excluding carboxylic acids is 1. The van der Waals surface area contributed by atoms with Crippen LogP contribution in [-0.4, -0.2) is 10.9 Å². The smallest absolute Gasteiger partial charge is 0.223 e. The number of pyridine rings is 1. The summed E-state index contributed by atoms with van der Waals surface area (Å²) in [5.74, 6) is -0.183. The Labute approximate surface area is 90.8 Å². The Morgan fingerprint density at radius 1 is 1.57 bits per heavy atom. The van der Waals surface area contributed by atoms with Gasteiger partial charge in [0.1, 0.15) is 0 Å². The third-order valence-electron chi connectivity index (χ3n) is 2.68. The minimum Gasteiger partial charge on any atom is -0.369 e. The first-order valence-corrected chi connectivity index (χ1v) is 5.31. The predicted molar refractivity (Wildman–Crippen MR) is 56.5 cm³/mol. The van der Waals surface area contributed by atoms with E-state index in [9.17, 15) is 4.79 Å². The van der Waals surface area contributed by atoms with E-state index in [1.807, 2.05) is 6.07 Å². The van der Waals surface area contributed by atoms with Crippen molar-refractivity contribution in [3.8, 4) is 0 Å². The summed E-state index contributed by atoms with van der Waals surface area (Å²) < 4.78 is 0.940. The second-order valence-electron chi connectivity index (χ2n) is 3.83. The number of aromatic nitrogens is 1. The summed E-state index contributed by atoms with van der Waals surface area (Å²) in [5.41, 5.74) is 6.14. The van der Waals surface area contributed by atoms with Gasteiger partial charge >= 0.3 is 0 Å². The fourth-order valence-corrected chi connectivity index (χ4v) is 2.02. The molecule has 1 aromatic heterocycles. The Morgan fingerprint density at radius 2 is 2.29 bits per heavy atom. The average molecular weight is 255 g/mol. The largest absolute Gasteiger partial charge is 0.369 e. The van der Waals surface area contributed by atoms with E-state index in [2.05, 4.69) is 20.9 Å². The highest BCUT2D eigenvalue weighted by Crippen LogP contribution is 2.48. The summed E-state index contributed by atoms with van der Waals surface area (Å²) in [6, 6.07) is 1.98. The standard InChI is InChI=1S/C10H11BrN2O/c11-8-3-7(5-13-6-8)4-10(1-2-10)9(12)14/h3,5-6H,1-2,4H2,(H2,12,14). The predicted octanol–water partition coefficient (Wildman–Crippen LogP) is 1.65. The van der Waals surface area contributed by atoms with Crippen LogP contribution in [-0.2, 0) is 11.2 Å². The number of nitrogens with zero attached hydrogens (tertiary/aromatic N) is 1. The van der Waals surface area contributed by atoms with Crippen molar-refractivity contribution in [1.29, 1.82) is 0 Å². The Balaban J connectivity index is 2.15. The van der Waals surface area contributed by atoms with Gasteiger partial charge in [-0.2, -0.15) is 0 Å². The quantitative estimate of drug-likeness (QED) is 0.892. The molecule has 3 nitrogen and oxygen atoms in total. The van der Waals surface area contributed by atoms with Crippen molar-refractivity contribution in [3.05, 3.63) is 28.5 Å². The van der Waals surface area contributed by atoms with Crippen molar-refractivity contribution in [1.82, 2.24) is 4.98 Å². The highest BCUT2D eigenvalue weighted by Gasteiger charge is 2.48. The number of nitrogens with two attached hydrogens (primary N) is 1. The number of amides is 1. The number of rotatable bonds is 3. The number of primary amides is 1. The second kappa shape index (κ2) is 3.35. The summed E-state index contributed by atoms with van der Waals surface area (Å²) in [4.78, 5) is 15.2. The number of halogens is 1. The van der Waals surface area contributed by atoms with Crippen LogP contribution in [0.1, 0.15) is 18.4 Å². The van der Waals surface area contributed by atoms with Crippen molar-refractivity contribution < 1.29 is 4.79 Å². The molecule has 1 aliphatic rings. The average Bonchev–Trinajstić information content (AvgIpc) is 2.85. The molecule has 0 unspecified atom stereocenters. The molecule has 14 heavy (non-hydrogen) atoms. The molecule has 0 spiro atoms. The molecule has 0 radical (unpaired) electrons. The lowest BCUT2D eigenvalue weighted by Crippen LogP contribution is -2.26. The van der Waals surface area contributed by atoms with Crippen LogP contribution in [0.25, 0.3) is 0 Å². The van der Waals surface area contributed by atoms with Crippen molar-refractivity contribution in [3.63, 3.8) is 0 Å². The first-order chi connectivity index (χ1) is 6.62. The molecule has 0 atom stereocenters. The van der Waals surface area contributed by atoms with Gasteiger partial charge in [-0.15, -0.1) is 0 Å². The highest BCUT2D eigenvalue weighted by molar-refractivity contribution is 9.10. The van der Waals surface area contributed by atoms with Crippen LogP contribution in [0, 0.1) is 5.41 Å². The molecule has 1 aromatic rings. The van der Waals surface area contributed by atoms with Gasteiger partial charge in [0.2, 0.25) is 5.91 Å². The monoisotopic (exact) mass is 254 g/mol. The molecule has 0 aromatic carbocycles. The number of hydrogen-bond donors (Lipinski definition) is 1. The van der Waals surface area contributed by atoms with Gasteiger partial charge in [0.25, 0.3) is 0 Å². The number of carbonyl (C=O) groups is 1. The van der Waals surface area contributed by atoms with Gasteiger partial charge in [0.05, 0.1) is 5.41 Å². The van der Waals surface area contributed by atoms with Gasteiger partial charge in [-0.05, 0) is 46.8 Å². The Bertz CT molecular complexity index is 374. The molecule has 74 valence electrons. The first-order valence-electron chi connectivity index (χ1n) is 4.52. The van der Waals surface area contributed by atoms with Crippen molar-refractivity contribution >= 4 is 21.8 Å². The molecule has 1 heterocycles. The fourth-order valence-electron chi connectivity index (χ4n) is 1.60. The summed E-state index contributed by atoms with van der Waals surface area (Å²) in [7, 11) is 0. The molecule has 0 aliphatic heterocycles. The van der Waals surface area contributed by atoms with Gasteiger partial charge in [-0.3, -0.25) is 9.78 Å². The second-order valence-corrected chi connectivity index (χ2v) is 4.75. The Morgan fingerprint density at radius 3 is 2.79 bits per heavy atom. The summed E-state index contributed by atoms with van der Waals surface area (Å²) in [6.07, 6.45) is 6.06. The minimum atomic E-state index is -0.275. The molecule has 0 saturated heterocycles. The SMILES string of the molecule is NC(=O)C1(Cc2cncc(Br)c2)CC1. The van der Waals surface area contributed by atoms with Crippen LogP contribution in [0.15, 0.2) is 22.9 Å². The van der Waals surface area contributed by atoms with Crippen molar-refractivity contribution in [2.24, 2.45) is 11.1 Å². The van der Waals surface area contributed by atoms with Crippen LogP contribution in [0.5, 0.6) is 0 Å². The van der Waals surface area contributed by atoms with Crippen molar-refractivity contribution in [2.75, 3.05) is 0 Å². The molecule has 1 fully saturated rings. The molecular formula is C10H11BrN2O. The normalized spacial score (nSPS) is 17.8. The zero-order chi connectivity index (χ0) is 10.2. The van der Waals surface area contributed by atoms with Gasteiger partial charge in [-0.25, -0.2) is 0 Å². The van der Waals surface area contributed by atoms with Crippen molar-refractivity contribution in [2.45, 2.75) is 19.3 Å². The maximum absolute atomic E-state index is 11.2. The molecule has 1 amide bonds. The lowest BCUT2D eigenvalue weighted by molar-refractivity contribution is -0.123. The van der Waals surface area contributed by atoms with Crippen LogP contribution < -0.4 is 5.73 Å². The van der Waals surface area contributed by atoms with Gasteiger partial charge in [0.15, 0.2) is 0 Å². The summed E-state index contributed by atoms with van der Waals surface area (Å²) in [5, 5.41) is 0. The summed E-state index contributed by atoms with van der Waals surface area (Å²) >= 11 is 3.35. The minimum absolute atomic E-state index is 0.183. The molecule has 0 bridgehead atoms. The zero-order valence-corrected chi connectivity index (χ0v) is 9.25. The molecule has 4 heteroatoms. The lowest BCUT2D eigenvalue weighted by Gasteiger charge is -2.09. The third-order valence-corrected chi connectivity index (χ3v) is 3.11. The Hall–Kier alpha value is -0.900. The van der Waals surface area contributed by atoms with E-state index >= 15 is 0 Å². The van der Waals surface area contributed by atoms with E-state index in [4.69, 9.17) is 5.73 Å². The van der Waals surface area contributed by atoms with E-state index in [0.29, 0.717) is 0 Å². The highest BCUT2D eigenvalue weighted by atomic mass is 79.9. The third kappa shape index (κ3) is 1.80. The van der Waals surface area contributed by atoms with E-state index in [0.717, 1.165) is 29.3 Å². The van der Waals surface area contributed by atoms with E-state index < -0.39 is 0 Å². The number of hydrogen-bond acceptors (Lipinski definition) is 2. The molecule has 1 saturated carbocycles. The van der Waals surface area contributed by atoms with Crippen LogP contribution in [0.2, 0.25) is 0 Å². The van der Waals surface area contributed by atoms with E-state index in [-0.39, 0.29) is 11.3 Å². The molecular weight excluding hydrogens is 244 g/mol. The van der Waals surface area contributed by atoms with Gasteiger partial charge in [-0.1, -0.05) is 0 Å². The fraction of sp³-hybridized carbons (Fsp3) is 0.400. The Kier molecular flexibility index (Phi) is 2.31. The maximum atomic E-state index is 11.2. The van der Waals surface area contributed by atoms with Crippen LogP contribution in [0.4, 0.5) is 0 Å². The van der Waals surface area contributed by atoms with Gasteiger partial charge < -0.3 is 5.73 Å². The van der Waals surface area contributed by atoms with E-state index in [1.54, 1.807) is 12.4 Å². The lowest BCUT2D eigenvalue weighted by atomic mass is 9.97. The zero-order valence-electron chi connectivity index (χ0n) is 7.66. The molecule has 2 rings (SSSR count). The first kappa shape index (κ1) is 9.65. The maximum Gasteiger partial charge on any atom is 0.223 e. The van der Waals surface area contributed by atoms with E-state index in [1.165, 1.54) is 0 Å². The topological polar surface area (TPSA) is 56.0 Å².